The first-order chi connectivity index (χ1) is 8.43. The van der Waals surface area contributed by atoms with Crippen LogP contribution in [-0.4, -0.2) is 56.9 Å². The van der Waals surface area contributed by atoms with E-state index in [1.54, 1.807) is 0 Å². The smallest absolute Gasteiger partial charge is 0.404 e. The minimum absolute atomic E-state index is 0.240. The van der Waals surface area contributed by atoms with Crippen LogP contribution in [0.1, 0.15) is 0 Å². The van der Waals surface area contributed by atoms with Gasteiger partial charge in [0.1, 0.15) is 17.7 Å². The SMILES string of the molecule is NC(=O)OCC1=C(C(=O)O)N2C(=O)C(O)[C@H]2SC1. The highest BCUT2D eigenvalue weighted by Gasteiger charge is 2.52. The Labute approximate surface area is 105 Å². The molecule has 4 N–H and O–H groups in total. The average molecular weight is 274 g/mol. The Morgan fingerprint density at radius 2 is 2.22 bits per heavy atom. The molecule has 2 aliphatic rings. The molecule has 2 heterocycles. The molecule has 0 bridgehead atoms. The van der Waals surface area contributed by atoms with Crippen LogP contribution in [0.2, 0.25) is 0 Å². The van der Waals surface area contributed by atoms with Crippen molar-refractivity contribution in [3.05, 3.63) is 11.3 Å². The van der Waals surface area contributed by atoms with E-state index in [1.165, 1.54) is 11.8 Å². The summed E-state index contributed by atoms with van der Waals surface area (Å²) in [5, 5.41) is 17.9. The van der Waals surface area contributed by atoms with Gasteiger partial charge in [0.05, 0.1) is 0 Å². The lowest BCUT2D eigenvalue weighted by Gasteiger charge is -2.47. The number of nitrogens with two attached hydrogens (primary N) is 1. The van der Waals surface area contributed by atoms with Crippen LogP contribution in [0.5, 0.6) is 0 Å². The molecule has 2 atom stereocenters. The first-order valence-electron chi connectivity index (χ1n) is 4.93. The minimum atomic E-state index is -1.30. The normalized spacial score (nSPS) is 26.5. The fourth-order valence-corrected chi connectivity index (χ4v) is 3.05. The fraction of sp³-hybridized carbons (Fsp3) is 0.444. The number of aliphatic hydroxyl groups excluding tert-OH is 1. The summed E-state index contributed by atoms with van der Waals surface area (Å²) < 4.78 is 4.54. The molecule has 1 unspecified atom stereocenters. The van der Waals surface area contributed by atoms with Crippen molar-refractivity contribution in [3.63, 3.8) is 0 Å². The summed E-state index contributed by atoms with van der Waals surface area (Å²) in [4.78, 5) is 34.1. The summed E-state index contributed by atoms with van der Waals surface area (Å²) >= 11 is 1.21. The van der Waals surface area contributed by atoms with E-state index in [0.29, 0.717) is 0 Å². The summed E-state index contributed by atoms with van der Waals surface area (Å²) in [6.45, 7) is -0.281. The van der Waals surface area contributed by atoms with Crippen LogP contribution >= 0.6 is 11.8 Å². The van der Waals surface area contributed by atoms with Crippen molar-refractivity contribution >= 4 is 29.7 Å². The number of thioether (sulfide) groups is 1. The van der Waals surface area contributed by atoms with Gasteiger partial charge in [-0.15, -0.1) is 11.8 Å². The summed E-state index contributed by atoms with van der Waals surface area (Å²) in [7, 11) is 0. The third-order valence-corrected chi connectivity index (χ3v) is 3.94. The van der Waals surface area contributed by atoms with Crippen molar-refractivity contribution in [2.75, 3.05) is 12.4 Å². The third kappa shape index (κ3) is 1.91. The van der Waals surface area contributed by atoms with Gasteiger partial charge < -0.3 is 20.7 Å². The number of carbonyl (C=O) groups excluding carboxylic acids is 2. The van der Waals surface area contributed by atoms with Gasteiger partial charge in [0.2, 0.25) is 0 Å². The van der Waals surface area contributed by atoms with E-state index in [4.69, 9.17) is 10.8 Å². The first kappa shape index (κ1) is 12.7. The number of hydrogen-bond donors (Lipinski definition) is 3. The molecule has 2 amide bonds. The molecule has 0 saturated carbocycles. The van der Waals surface area contributed by atoms with Crippen LogP contribution < -0.4 is 5.73 Å². The first-order valence-corrected chi connectivity index (χ1v) is 5.98. The van der Waals surface area contributed by atoms with Crippen LogP contribution in [-0.2, 0) is 14.3 Å². The maximum atomic E-state index is 11.4. The minimum Gasteiger partial charge on any atom is -0.477 e. The molecule has 9 heteroatoms. The van der Waals surface area contributed by atoms with Crippen LogP contribution in [0, 0.1) is 0 Å². The van der Waals surface area contributed by atoms with Crippen LogP contribution in [0.4, 0.5) is 4.79 Å². The van der Waals surface area contributed by atoms with E-state index in [9.17, 15) is 19.5 Å². The lowest BCUT2D eigenvalue weighted by atomic mass is 10.1. The number of aliphatic hydroxyl groups is 1. The summed E-state index contributed by atoms with van der Waals surface area (Å²) in [5.74, 6) is -1.72. The van der Waals surface area contributed by atoms with Gasteiger partial charge in [-0.25, -0.2) is 9.59 Å². The van der Waals surface area contributed by atoms with Crippen molar-refractivity contribution in [1.29, 1.82) is 0 Å². The molecule has 18 heavy (non-hydrogen) atoms. The van der Waals surface area contributed by atoms with Crippen LogP contribution in [0.15, 0.2) is 11.3 Å². The molecule has 0 aromatic rings. The maximum absolute atomic E-state index is 11.4. The Balaban J connectivity index is 2.26. The molecule has 0 aromatic heterocycles. The van der Waals surface area contributed by atoms with Crippen LogP contribution in [0.25, 0.3) is 0 Å². The molecule has 1 saturated heterocycles. The van der Waals surface area contributed by atoms with Gasteiger partial charge in [-0.2, -0.15) is 0 Å². The average Bonchev–Trinajstić information content (AvgIpc) is 2.33. The van der Waals surface area contributed by atoms with Gasteiger partial charge in [0, 0.05) is 11.3 Å². The molecule has 8 nitrogen and oxygen atoms in total. The van der Waals surface area contributed by atoms with E-state index in [-0.39, 0.29) is 23.6 Å². The van der Waals surface area contributed by atoms with E-state index < -0.39 is 29.4 Å². The lowest BCUT2D eigenvalue weighted by Crippen LogP contribution is -2.65. The van der Waals surface area contributed by atoms with Crippen molar-refractivity contribution in [1.82, 2.24) is 4.90 Å². The number of primary amides is 1. The Morgan fingerprint density at radius 1 is 1.56 bits per heavy atom. The number of ether oxygens (including phenoxy) is 1. The van der Waals surface area contributed by atoms with Crippen LogP contribution in [0.3, 0.4) is 0 Å². The Kier molecular flexibility index (Phi) is 3.18. The predicted octanol–water partition coefficient (Wildman–Crippen LogP) is -1.30. The highest BCUT2D eigenvalue weighted by atomic mass is 32.2. The molecule has 0 spiro atoms. The number of hydrogen-bond acceptors (Lipinski definition) is 6. The Bertz CT molecular complexity index is 462. The predicted molar refractivity (Wildman–Crippen MR) is 59.3 cm³/mol. The highest BCUT2D eigenvalue weighted by molar-refractivity contribution is 8.00. The zero-order valence-corrected chi connectivity index (χ0v) is 9.85. The number of aliphatic carboxylic acids is 1. The fourth-order valence-electron chi connectivity index (χ4n) is 1.80. The standard InChI is InChI=1S/C9H10N2O6S/c10-9(16)17-1-3-2-18-7-5(12)6(13)11(7)4(3)8(14)15/h5,7,12H,1-2H2,(H2,10,16)(H,14,15)/t5?,7-/m1/s1. The number of rotatable bonds is 3. The van der Waals surface area contributed by atoms with Gasteiger partial charge in [0.15, 0.2) is 6.10 Å². The lowest BCUT2D eigenvalue weighted by molar-refractivity contribution is -0.159. The zero-order valence-electron chi connectivity index (χ0n) is 9.03. The quantitative estimate of drug-likeness (QED) is 0.545. The molecule has 2 aliphatic heterocycles. The number of nitrogens with zero attached hydrogens (tertiary/aromatic N) is 1. The molecular weight excluding hydrogens is 264 g/mol. The van der Waals surface area contributed by atoms with Gasteiger partial charge in [0.25, 0.3) is 5.91 Å². The zero-order chi connectivity index (χ0) is 13.4. The Hall–Kier alpha value is -1.74. The monoisotopic (exact) mass is 274 g/mol. The van der Waals surface area contributed by atoms with Gasteiger partial charge >= 0.3 is 12.1 Å². The van der Waals surface area contributed by atoms with E-state index in [2.05, 4.69) is 4.74 Å². The van der Waals surface area contributed by atoms with E-state index in [1.807, 2.05) is 0 Å². The maximum Gasteiger partial charge on any atom is 0.404 e. The topological polar surface area (TPSA) is 130 Å². The number of carboxylic acid groups (broad SMARTS) is 1. The molecule has 98 valence electrons. The molecule has 0 radical (unpaired) electrons. The Morgan fingerprint density at radius 3 is 2.78 bits per heavy atom. The molecule has 0 aliphatic carbocycles. The summed E-state index contributed by atoms with van der Waals surface area (Å²) in [6.07, 6.45) is -2.20. The summed E-state index contributed by atoms with van der Waals surface area (Å²) in [5.41, 5.74) is 4.84. The largest absolute Gasteiger partial charge is 0.477 e. The van der Waals surface area contributed by atoms with E-state index >= 15 is 0 Å². The second kappa shape index (κ2) is 4.50. The van der Waals surface area contributed by atoms with E-state index in [0.717, 1.165) is 4.90 Å². The van der Waals surface area contributed by atoms with Crippen molar-refractivity contribution in [2.45, 2.75) is 11.5 Å². The molecule has 1 fully saturated rings. The molecule has 2 rings (SSSR count). The van der Waals surface area contributed by atoms with Crippen molar-refractivity contribution < 1.29 is 29.3 Å². The molecular formula is C9H10N2O6S. The highest BCUT2D eigenvalue weighted by Crippen LogP contribution is 2.40. The number of β-lactam (4-membered cyclic amide) rings is 1. The number of carboxylic acids is 1. The number of amides is 2. The second-order valence-corrected chi connectivity index (χ2v) is 4.82. The summed E-state index contributed by atoms with van der Waals surface area (Å²) in [6, 6.07) is 0. The van der Waals surface area contributed by atoms with Gasteiger partial charge in [-0.1, -0.05) is 0 Å². The van der Waals surface area contributed by atoms with Crippen molar-refractivity contribution in [2.24, 2.45) is 5.73 Å². The molecule has 0 aromatic carbocycles. The van der Waals surface area contributed by atoms with Gasteiger partial charge in [-0.05, 0) is 0 Å². The number of carbonyl (C=O) groups is 3. The third-order valence-electron chi connectivity index (χ3n) is 2.61. The number of fused-ring (bicyclic) bond motifs is 1. The van der Waals surface area contributed by atoms with Gasteiger partial charge in [-0.3, -0.25) is 9.69 Å². The van der Waals surface area contributed by atoms with Crippen molar-refractivity contribution in [3.8, 4) is 0 Å². The second-order valence-electron chi connectivity index (χ2n) is 3.72.